The molecule has 0 radical (unpaired) electrons. The highest BCUT2D eigenvalue weighted by molar-refractivity contribution is 7.37. The number of rotatable bonds is 7. The van der Waals surface area contributed by atoms with E-state index in [4.69, 9.17) is 9.47 Å². The largest absolute Gasteiger partial charge is 0.453 e. The van der Waals surface area contributed by atoms with Gasteiger partial charge in [-0.25, -0.2) is 4.79 Å². The first kappa shape index (κ1) is 22.6. The quantitative estimate of drug-likeness (QED) is 0.442. The van der Waals surface area contributed by atoms with Gasteiger partial charge in [0.1, 0.15) is 5.75 Å². The number of carbonyl (C=O) groups is 2. The summed E-state index contributed by atoms with van der Waals surface area (Å²) in [6.45, 7) is 12.8. The Balaban J connectivity index is 2.67. The molecule has 0 bridgehead atoms. The molecule has 2 atom stereocenters. The van der Waals surface area contributed by atoms with E-state index in [1.165, 1.54) is 0 Å². The van der Waals surface area contributed by atoms with Crippen molar-refractivity contribution in [1.29, 1.82) is 0 Å². The van der Waals surface area contributed by atoms with Crippen molar-refractivity contribution >= 4 is 20.5 Å². The predicted octanol–water partition coefficient (Wildman–Crippen LogP) is 3.72. The first-order chi connectivity index (χ1) is 11.8. The summed E-state index contributed by atoms with van der Waals surface area (Å²) in [7, 11) is 0.609. The van der Waals surface area contributed by atoms with Crippen LogP contribution >= 0.6 is 8.58 Å². The van der Waals surface area contributed by atoms with Crippen LogP contribution < -0.4 is 4.74 Å². The van der Waals surface area contributed by atoms with Crippen LogP contribution in [0.1, 0.15) is 47.1 Å². The molecule has 0 amide bonds. The second-order valence-corrected chi connectivity index (χ2v) is 9.31. The molecule has 0 fully saturated rings. The Morgan fingerprint density at radius 2 is 1.58 bits per heavy atom. The number of benzene rings is 1. The van der Waals surface area contributed by atoms with Crippen LogP contribution in [0.4, 0.5) is 0 Å². The molecule has 0 aliphatic rings. The van der Waals surface area contributed by atoms with E-state index in [1.807, 2.05) is 34.4 Å². The van der Waals surface area contributed by atoms with E-state index in [0.29, 0.717) is 26.1 Å². The van der Waals surface area contributed by atoms with Gasteiger partial charge in [0.2, 0.25) is 0 Å². The lowest BCUT2D eigenvalue weighted by Crippen LogP contribution is -2.44. The van der Waals surface area contributed by atoms with Gasteiger partial charge in [0, 0.05) is 0 Å². The Hall–Kier alpha value is -1.45. The molecular weight excluding hydrogens is 351 g/mol. The van der Waals surface area contributed by atoms with Gasteiger partial charge in [-0.1, -0.05) is 32.9 Å². The molecule has 6 heteroatoms. The van der Waals surface area contributed by atoms with Crippen molar-refractivity contribution in [2.24, 2.45) is 10.8 Å². The van der Waals surface area contributed by atoms with Gasteiger partial charge in [0.15, 0.2) is 6.61 Å². The van der Waals surface area contributed by atoms with Crippen molar-refractivity contribution in [3.8, 4) is 5.75 Å². The fourth-order valence-electron chi connectivity index (χ4n) is 2.37. The van der Waals surface area contributed by atoms with Gasteiger partial charge in [-0.15, -0.1) is 8.58 Å². The minimum atomic E-state index is -0.963. The topological polar surface area (TPSA) is 72.8 Å². The molecule has 0 aliphatic carbocycles. The maximum Gasteiger partial charge on any atom is 0.349 e. The van der Waals surface area contributed by atoms with Crippen molar-refractivity contribution < 1.29 is 24.2 Å². The van der Waals surface area contributed by atoms with Gasteiger partial charge in [-0.2, -0.15) is 0 Å². The maximum atomic E-state index is 12.6. The molecule has 1 aromatic carbocycles. The van der Waals surface area contributed by atoms with E-state index >= 15 is 0 Å². The Labute approximate surface area is 158 Å². The van der Waals surface area contributed by atoms with Crippen molar-refractivity contribution in [3.05, 3.63) is 29.8 Å². The molecule has 5 nitrogen and oxygen atoms in total. The molecule has 1 aromatic rings. The third kappa shape index (κ3) is 5.78. The van der Waals surface area contributed by atoms with Crippen molar-refractivity contribution in [3.63, 3.8) is 0 Å². The van der Waals surface area contributed by atoms with Crippen molar-refractivity contribution in [1.82, 2.24) is 0 Å². The van der Waals surface area contributed by atoms with Gasteiger partial charge in [0.05, 0.1) is 11.0 Å². The van der Waals surface area contributed by atoms with Crippen LogP contribution in [0.5, 0.6) is 5.75 Å². The van der Waals surface area contributed by atoms with Crippen LogP contribution in [0.25, 0.3) is 0 Å². The number of ether oxygens (including phenoxy) is 2. The van der Waals surface area contributed by atoms with Crippen LogP contribution in [0, 0.1) is 10.8 Å². The molecular formula is C20H31O5P. The zero-order chi connectivity index (χ0) is 20.2. The highest BCUT2D eigenvalue weighted by Gasteiger charge is 2.45. The zero-order valence-corrected chi connectivity index (χ0v) is 17.8. The summed E-state index contributed by atoms with van der Waals surface area (Å²) in [6.07, 6.45) is 0.711. The van der Waals surface area contributed by atoms with Gasteiger partial charge in [-0.3, -0.25) is 4.79 Å². The number of esters is 2. The van der Waals surface area contributed by atoms with E-state index in [9.17, 15) is 14.7 Å². The highest BCUT2D eigenvalue weighted by atomic mass is 31.1. The molecule has 1 rings (SSSR count). The predicted molar refractivity (Wildman–Crippen MR) is 105 cm³/mol. The first-order valence-corrected chi connectivity index (χ1v) is 10.4. The summed E-state index contributed by atoms with van der Waals surface area (Å²) >= 11 is 0. The third-order valence-electron chi connectivity index (χ3n) is 4.75. The summed E-state index contributed by atoms with van der Waals surface area (Å²) in [4.78, 5) is 24.5. The fourth-order valence-corrected chi connectivity index (χ4v) is 3.75. The Bertz CT molecular complexity index is 625. The van der Waals surface area contributed by atoms with Crippen LogP contribution in [0.3, 0.4) is 0 Å². The maximum absolute atomic E-state index is 12.6. The number of carbonyl (C=O) groups excluding carboxylic acids is 2. The lowest BCUT2D eigenvalue weighted by Gasteiger charge is -2.39. The number of aliphatic hydroxyl groups is 1. The average molecular weight is 382 g/mol. The van der Waals surface area contributed by atoms with Gasteiger partial charge in [0.25, 0.3) is 0 Å². The van der Waals surface area contributed by atoms with Crippen LogP contribution in [-0.2, 0) is 19.9 Å². The van der Waals surface area contributed by atoms with Crippen LogP contribution in [0.15, 0.2) is 24.3 Å². The molecule has 0 heterocycles. The smallest absolute Gasteiger partial charge is 0.349 e. The molecule has 0 spiro atoms. The Morgan fingerprint density at radius 1 is 1.04 bits per heavy atom. The molecule has 0 aliphatic heterocycles. The van der Waals surface area contributed by atoms with Crippen molar-refractivity contribution in [2.45, 2.75) is 47.1 Å². The molecule has 146 valence electrons. The lowest BCUT2D eigenvalue weighted by molar-refractivity contribution is -0.165. The lowest BCUT2D eigenvalue weighted by atomic mass is 9.69. The summed E-state index contributed by atoms with van der Waals surface area (Å²) < 4.78 is 10.4. The molecule has 26 heavy (non-hydrogen) atoms. The number of hydrogen-bond donors (Lipinski definition) is 1. The monoisotopic (exact) mass is 382 g/mol. The van der Waals surface area contributed by atoms with Gasteiger partial charge >= 0.3 is 11.9 Å². The summed E-state index contributed by atoms with van der Waals surface area (Å²) in [6, 6.07) is 6.58. The summed E-state index contributed by atoms with van der Waals surface area (Å²) in [5.74, 6) is -0.675. The fraction of sp³-hybridized carbons (Fsp3) is 0.600. The van der Waals surface area contributed by atoms with E-state index in [1.54, 1.807) is 38.1 Å². The van der Waals surface area contributed by atoms with Gasteiger partial charge < -0.3 is 14.6 Å². The second-order valence-electron chi connectivity index (χ2n) is 8.25. The standard InChI is InChI=1S/C20H31O5P/c1-18(2,3)20(6,13-26-7)17(22)24-12-16(21)25-15-10-8-14(9-11-15)19(4,5)23/h8-11,23,26H,12-13H2,1-7H3. The summed E-state index contributed by atoms with van der Waals surface area (Å²) in [5.41, 5.74) is -1.18. The highest BCUT2D eigenvalue weighted by Crippen LogP contribution is 2.42. The summed E-state index contributed by atoms with van der Waals surface area (Å²) in [5, 5.41) is 9.93. The molecule has 0 saturated heterocycles. The molecule has 1 N–H and O–H groups in total. The zero-order valence-electron chi connectivity index (χ0n) is 16.8. The second kappa shape index (κ2) is 8.49. The van der Waals surface area contributed by atoms with Crippen LogP contribution in [-0.4, -0.2) is 36.5 Å². The van der Waals surface area contributed by atoms with E-state index in [0.717, 1.165) is 0 Å². The normalized spacial score (nSPS) is 14.9. The minimum absolute atomic E-state index is 0.274. The van der Waals surface area contributed by atoms with E-state index < -0.39 is 23.6 Å². The molecule has 2 unspecified atom stereocenters. The average Bonchev–Trinajstić information content (AvgIpc) is 2.51. The van der Waals surface area contributed by atoms with Gasteiger partial charge in [-0.05, 0) is 56.7 Å². The van der Waals surface area contributed by atoms with Crippen LogP contribution in [0.2, 0.25) is 0 Å². The molecule has 0 saturated carbocycles. The minimum Gasteiger partial charge on any atom is -0.453 e. The van der Waals surface area contributed by atoms with E-state index in [-0.39, 0.29) is 11.4 Å². The molecule has 0 aromatic heterocycles. The van der Waals surface area contributed by atoms with Crippen molar-refractivity contribution in [2.75, 3.05) is 19.4 Å². The van der Waals surface area contributed by atoms with E-state index in [2.05, 4.69) is 0 Å². The Kier molecular flexibility index (Phi) is 7.38. The first-order valence-electron chi connectivity index (χ1n) is 8.66. The third-order valence-corrected chi connectivity index (χ3v) is 5.81. The number of hydrogen-bond acceptors (Lipinski definition) is 5. The Morgan fingerprint density at radius 3 is 2.00 bits per heavy atom. The SMILES string of the molecule is CPCC(C)(C(=O)OCC(=O)Oc1ccc(C(C)(C)O)cc1)C(C)(C)C.